The maximum Gasteiger partial charge on any atom is 0.430 e. The fraction of sp³-hybridized carbons (Fsp3) is 0. The third kappa shape index (κ3) is 3.43. The highest BCUT2D eigenvalue weighted by Crippen LogP contribution is 2.14. The second kappa shape index (κ2) is 5.06. The third-order valence-corrected chi connectivity index (χ3v) is 2.27. The second-order valence-corrected chi connectivity index (χ2v) is 3.88. The minimum absolute atomic E-state index is 0.361. The van der Waals surface area contributed by atoms with E-state index in [1.54, 1.807) is 24.3 Å². The molecule has 0 atom stereocenters. The zero-order valence-corrected chi connectivity index (χ0v) is 9.95. The van der Waals surface area contributed by atoms with Crippen LogP contribution in [0.1, 0.15) is 0 Å². The summed E-state index contributed by atoms with van der Waals surface area (Å²) in [6, 6.07) is 7.09. The van der Waals surface area contributed by atoms with E-state index in [1.165, 1.54) is 0 Å². The number of amidine groups is 1. The van der Waals surface area contributed by atoms with E-state index in [2.05, 4.69) is 42.4 Å². The lowest BCUT2D eigenvalue weighted by molar-refractivity contribution is -0.342. The molecular weight excluding hydrogens is 318 g/mol. The topological polar surface area (TPSA) is 67.5 Å². The van der Waals surface area contributed by atoms with Gasteiger partial charge in [-0.05, 0) is 29.2 Å². The molecule has 0 aliphatic heterocycles. The summed E-state index contributed by atoms with van der Waals surface area (Å²) in [7, 11) is 0. The highest BCUT2D eigenvalue weighted by molar-refractivity contribution is 9.18. The Hall–Kier alpha value is -0.950. The van der Waals surface area contributed by atoms with Crippen LogP contribution in [-0.2, 0) is 0 Å². The van der Waals surface area contributed by atoms with E-state index in [1.807, 2.05) is 0 Å². The quantitative estimate of drug-likeness (QED) is 0.299. The number of rotatable bonds is 2. The summed E-state index contributed by atoms with van der Waals surface area (Å²) in [5, 5.41) is 13.6. The van der Waals surface area contributed by atoms with Gasteiger partial charge in [0.25, 0.3) is 0 Å². The molecule has 0 saturated heterocycles. The van der Waals surface area contributed by atoms with Crippen LogP contribution in [0.25, 0.3) is 0 Å². The van der Waals surface area contributed by atoms with Crippen molar-refractivity contribution in [3.8, 4) is 0 Å². The molecule has 0 amide bonds. The molecule has 0 fully saturated rings. The van der Waals surface area contributed by atoms with Crippen molar-refractivity contribution in [3.63, 3.8) is 0 Å². The normalized spacial score (nSPS) is 11.1. The van der Waals surface area contributed by atoms with Crippen LogP contribution in [0.4, 0.5) is 5.69 Å². The average molecular weight is 323 g/mol. The summed E-state index contributed by atoms with van der Waals surface area (Å²) < 4.78 is 0.570. The number of benzene rings is 1. The molecule has 1 rings (SSSR count). The van der Waals surface area contributed by atoms with Gasteiger partial charge in [-0.25, -0.2) is 0 Å². The maximum atomic E-state index is 10.2. The summed E-state index contributed by atoms with van der Waals surface area (Å²) in [5.74, 6) is 0. The molecule has 0 unspecified atom stereocenters. The first-order valence-electron chi connectivity index (χ1n) is 3.49. The van der Waals surface area contributed by atoms with Gasteiger partial charge in [0.15, 0.2) is 0 Å². The first-order chi connectivity index (χ1) is 6.59. The predicted molar refractivity (Wildman–Crippen MR) is 61.1 cm³/mol. The zero-order chi connectivity index (χ0) is 10.6. The molecular formula is C7H5Br2N3O2. The van der Waals surface area contributed by atoms with Crippen molar-refractivity contribution in [2.24, 2.45) is 5.10 Å². The Morgan fingerprint density at radius 1 is 1.43 bits per heavy atom. The summed E-state index contributed by atoms with van der Waals surface area (Å²) in [6.45, 7) is 0. The first-order valence-corrected chi connectivity index (χ1v) is 5.07. The minimum Gasteiger partial charge on any atom is -0.357 e. The lowest BCUT2D eigenvalue weighted by Gasteiger charge is -1.95. The lowest BCUT2D eigenvalue weighted by atomic mass is 10.3. The van der Waals surface area contributed by atoms with Gasteiger partial charge >= 0.3 is 4.74 Å². The van der Waals surface area contributed by atoms with Crippen molar-refractivity contribution in [1.29, 1.82) is 0 Å². The molecule has 1 aromatic rings. The van der Waals surface area contributed by atoms with Crippen LogP contribution in [0.5, 0.6) is 0 Å². The van der Waals surface area contributed by atoms with Gasteiger partial charge in [-0.1, -0.05) is 15.9 Å². The van der Waals surface area contributed by atoms with E-state index in [4.69, 9.17) is 0 Å². The van der Waals surface area contributed by atoms with Crippen molar-refractivity contribution in [1.82, 2.24) is 0 Å². The van der Waals surface area contributed by atoms with Crippen molar-refractivity contribution < 1.29 is 4.92 Å². The van der Waals surface area contributed by atoms with Crippen LogP contribution in [0.2, 0.25) is 0 Å². The van der Waals surface area contributed by atoms with Gasteiger partial charge in [0.05, 0.1) is 26.7 Å². The molecule has 5 nitrogen and oxygen atoms in total. The summed E-state index contributed by atoms with van der Waals surface area (Å²) in [4.78, 5) is 9.52. The first kappa shape index (κ1) is 11.1. The highest BCUT2D eigenvalue weighted by Gasteiger charge is 2.05. The van der Waals surface area contributed by atoms with Gasteiger partial charge in [-0.15, -0.1) is 0 Å². The van der Waals surface area contributed by atoms with Crippen molar-refractivity contribution in [2.75, 3.05) is 5.43 Å². The van der Waals surface area contributed by atoms with Gasteiger partial charge in [-0.2, -0.15) is 5.43 Å². The van der Waals surface area contributed by atoms with Crippen LogP contribution in [-0.4, -0.2) is 9.67 Å². The molecule has 74 valence electrons. The molecule has 0 aromatic heterocycles. The second-order valence-electron chi connectivity index (χ2n) is 2.26. The van der Waals surface area contributed by atoms with E-state index in [-0.39, 0.29) is 4.74 Å². The third-order valence-electron chi connectivity index (χ3n) is 1.27. The van der Waals surface area contributed by atoms with Gasteiger partial charge in [0.1, 0.15) is 0 Å². The Labute approximate surface area is 96.6 Å². The molecule has 0 spiro atoms. The summed E-state index contributed by atoms with van der Waals surface area (Å²) in [6.07, 6.45) is 0. The average Bonchev–Trinajstić information content (AvgIpc) is 2.16. The lowest BCUT2D eigenvalue weighted by Crippen LogP contribution is -2.05. The van der Waals surface area contributed by atoms with Crippen LogP contribution < -0.4 is 5.43 Å². The number of hydrazone groups is 1. The SMILES string of the molecule is O=[N+]([O-])/C(Br)=N\Nc1ccc(Br)cc1. The minimum atomic E-state index is -0.633. The molecule has 7 heteroatoms. The summed E-state index contributed by atoms with van der Waals surface area (Å²) in [5.41, 5.74) is 3.20. The van der Waals surface area contributed by atoms with Crippen LogP contribution >= 0.6 is 31.9 Å². The molecule has 0 radical (unpaired) electrons. The Bertz CT molecular complexity index is 364. The van der Waals surface area contributed by atoms with Gasteiger partial charge in [0.2, 0.25) is 0 Å². The molecule has 0 heterocycles. The number of anilines is 1. The number of nitrogens with zero attached hydrogens (tertiary/aromatic N) is 2. The number of nitrogens with one attached hydrogen (secondary N) is 1. The van der Waals surface area contributed by atoms with Gasteiger partial charge < -0.3 is 10.1 Å². The fourth-order valence-electron chi connectivity index (χ4n) is 0.676. The Balaban J connectivity index is 2.66. The Morgan fingerprint density at radius 2 is 2.00 bits per heavy atom. The molecule has 0 aliphatic carbocycles. The van der Waals surface area contributed by atoms with Crippen molar-refractivity contribution in [3.05, 3.63) is 38.9 Å². The monoisotopic (exact) mass is 321 g/mol. The van der Waals surface area contributed by atoms with Crippen LogP contribution in [0, 0.1) is 10.1 Å². The smallest absolute Gasteiger partial charge is 0.357 e. The van der Waals surface area contributed by atoms with Crippen LogP contribution in [0.15, 0.2) is 33.8 Å². The fourth-order valence-corrected chi connectivity index (χ4v) is 1.03. The molecule has 1 N–H and O–H groups in total. The van der Waals surface area contributed by atoms with Crippen molar-refractivity contribution in [2.45, 2.75) is 0 Å². The van der Waals surface area contributed by atoms with E-state index in [0.717, 1.165) is 4.47 Å². The molecule has 0 aliphatic rings. The van der Waals surface area contributed by atoms with E-state index in [0.29, 0.717) is 5.69 Å². The number of hydrogen-bond donors (Lipinski definition) is 1. The van der Waals surface area contributed by atoms with Crippen molar-refractivity contribution >= 4 is 42.3 Å². The molecule has 14 heavy (non-hydrogen) atoms. The highest BCUT2D eigenvalue weighted by atomic mass is 79.9. The summed E-state index contributed by atoms with van der Waals surface area (Å²) >= 11 is 5.96. The maximum absolute atomic E-state index is 10.2. The largest absolute Gasteiger partial charge is 0.430 e. The number of hydrogen-bond acceptors (Lipinski definition) is 4. The van der Waals surface area contributed by atoms with Gasteiger partial charge in [0, 0.05) is 4.47 Å². The Kier molecular flexibility index (Phi) is 4.02. The molecule has 1 aromatic carbocycles. The molecule has 0 bridgehead atoms. The zero-order valence-electron chi connectivity index (χ0n) is 6.78. The van der Waals surface area contributed by atoms with E-state index in [9.17, 15) is 10.1 Å². The Morgan fingerprint density at radius 3 is 2.50 bits per heavy atom. The van der Waals surface area contributed by atoms with Gasteiger partial charge in [-0.3, -0.25) is 0 Å². The number of nitro groups is 1. The molecule has 0 saturated carbocycles. The number of halogens is 2. The predicted octanol–water partition coefficient (Wildman–Crippen LogP) is 2.80. The van der Waals surface area contributed by atoms with E-state index >= 15 is 0 Å². The standard InChI is InChI=1S/C7H5Br2N3O2/c8-5-1-3-6(4-2-5)10-11-7(9)12(13)14/h1-4,10H/b11-7-. The van der Waals surface area contributed by atoms with Crippen LogP contribution in [0.3, 0.4) is 0 Å². The van der Waals surface area contributed by atoms with E-state index < -0.39 is 4.92 Å².